The molecule has 0 saturated carbocycles. The second-order valence-electron chi connectivity index (χ2n) is 7.19. The van der Waals surface area contributed by atoms with E-state index >= 15 is 0 Å². The van der Waals surface area contributed by atoms with Gasteiger partial charge in [-0.25, -0.2) is 13.8 Å². The number of ether oxygens (including phenoxy) is 2. The highest BCUT2D eigenvalue weighted by molar-refractivity contribution is 6.30. The van der Waals surface area contributed by atoms with Gasteiger partial charge in [-0.2, -0.15) is 0 Å². The summed E-state index contributed by atoms with van der Waals surface area (Å²) < 4.78 is 39.9. The first-order valence-electron chi connectivity index (χ1n) is 9.73. The Morgan fingerprint density at radius 1 is 1.00 bits per heavy atom. The van der Waals surface area contributed by atoms with Gasteiger partial charge >= 0.3 is 5.97 Å². The number of halogens is 3. The highest BCUT2D eigenvalue weighted by Crippen LogP contribution is 2.35. The van der Waals surface area contributed by atoms with Gasteiger partial charge in [0.2, 0.25) is 0 Å². The molecule has 0 N–H and O–H groups in total. The Morgan fingerprint density at radius 3 is 2.38 bits per heavy atom. The van der Waals surface area contributed by atoms with Crippen molar-refractivity contribution in [2.45, 2.75) is 13.0 Å². The second kappa shape index (κ2) is 8.96. The van der Waals surface area contributed by atoms with E-state index in [0.717, 1.165) is 23.3 Å². The van der Waals surface area contributed by atoms with Crippen LogP contribution < -0.4 is 4.74 Å². The van der Waals surface area contributed by atoms with Gasteiger partial charge in [0.15, 0.2) is 11.6 Å². The Bertz CT molecular complexity index is 1300. The van der Waals surface area contributed by atoms with Crippen molar-refractivity contribution < 1.29 is 23.0 Å². The maximum Gasteiger partial charge on any atom is 0.309 e. The number of carbonyl (C=O) groups excluding carboxylic acids is 1. The van der Waals surface area contributed by atoms with Crippen LogP contribution in [0.1, 0.15) is 11.1 Å². The van der Waals surface area contributed by atoms with Crippen LogP contribution in [0, 0.1) is 11.6 Å². The van der Waals surface area contributed by atoms with Gasteiger partial charge in [0.25, 0.3) is 0 Å². The van der Waals surface area contributed by atoms with Crippen LogP contribution >= 0.6 is 11.6 Å². The molecule has 0 fully saturated rings. The summed E-state index contributed by atoms with van der Waals surface area (Å²) in [5.41, 5.74) is 3.09. The van der Waals surface area contributed by atoms with Crippen LogP contribution in [-0.4, -0.2) is 29.7 Å². The van der Waals surface area contributed by atoms with E-state index < -0.39 is 11.6 Å². The van der Waals surface area contributed by atoms with Crippen LogP contribution in [0.25, 0.3) is 22.4 Å². The fourth-order valence-corrected chi connectivity index (χ4v) is 3.68. The molecular formula is C24H19ClF2N2O3. The lowest BCUT2D eigenvalue weighted by atomic mass is 10.1. The van der Waals surface area contributed by atoms with Crippen molar-refractivity contribution in [3.05, 3.63) is 82.4 Å². The van der Waals surface area contributed by atoms with Gasteiger partial charge in [-0.3, -0.25) is 4.79 Å². The van der Waals surface area contributed by atoms with Crippen molar-refractivity contribution >= 4 is 28.6 Å². The van der Waals surface area contributed by atoms with E-state index in [9.17, 15) is 13.6 Å². The highest BCUT2D eigenvalue weighted by Gasteiger charge is 2.19. The van der Waals surface area contributed by atoms with Gasteiger partial charge < -0.3 is 14.0 Å². The molecule has 3 aromatic carbocycles. The molecule has 4 rings (SSSR count). The zero-order valence-electron chi connectivity index (χ0n) is 17.4. The van der Waals surface area contributed by atoms with Crippen LogP contribution in [0.3, 0.4) is 0 Å². The standard InChI is InChI=1S/C24H19ClF2N2O3/c1-31-22-10-16(25)7-8-17(22)24-28-20-11-18(26)19(27)12-21(20)29(24)13-15-5-3-14(4-6-15)9-23(30)32-2/h3-8,10-12H,9,13H2,1-2H3. The fourth-order valence-electron chi connectivity index (χ4n) is 3.52. The van der Waals surface area contributed by atoms with Crippen LogP contribution in [0.15, 0.2) is 54.6 Å². The van der Waals surface area contributed by atoms with E-state index in [-0.39, 0.29) is 12.4 Å². The first-order valence-corrected chi connectivity index (χ1v) is 10.1. The van der Waals surface area contributed by atoms with Gasteiger partial charge in [-0.1, -0.05) is 35.9 Å². The molecular weight excluding hydrogens is 438 g/mol. The maximum absolute atomic E-state index is 14.1. The smallest absolute Gasteiger partial charge is 0.309 e. The van der Waals surface area contributed by atoms with Crippen LogP contribution in [0.5, 0.6) is 5.75 Å². The molecule has 1 heterocycles. The number of benzene rings is 3. The number of carbonyl (C=O) groups is 1. The van der Waals surface area contributed by atoms with E-state index in [4.69, 9.17) is 21.1 Å². The minimum absolute atomic E-state index is 0.169. The molecule has 8 heteroatoms. The van der Waals surface area contributed by atoms with Crippen molar-refractivity contribution in [3.63, 3.8) is 0 Å². The molecule has 0 saturated heterocycles. The molecule has 0 aliphatic rings. The van der Waals surface area contributed by atoms with Crippen LogP contribution in [0.2, 0.25) is 5.02 Å². The highest BCUT2D eigenvalue weighted by atomic mass is 35.5. The van der Waals surface area contributed by atoms with Crippen molar-refractivity contribution in [2.24, 2.45) is 0 Å². The summed E-state index contributed by atoms with van der Waals surface area (Å²) in [7, 11) is 2.86. The Balaban J connectivity index is 1.81. The number of methoxy groups -OCH3 is 2. The lowest BCUT2D eigenvalue weighted by Crippen LogP contribution is -2.06. The number of hydrogen-bond acceptors (Lipinski definition) is 4. The first-order chi connectivity index (χ1) is 15.4. The Hall–Kier alpha value is -3.45. The normalized spacial score (nSPS) is 11.0. The summed E-state index contributed by atoms with van der Waals surface area (Å²) in [6.45, 7) is 0.335. The summed E-state index contributed by atoms with van der Waals surface area (Å²) in [5, 5.41) is 0.492. The minimum atomic E-state index is -0.969. The van der Waals surface area contributed by atoms with Gasteiger partial charge in [0.05, 0.1) is 37.2 Å². The van der Waals surface area contributed by atoms with Gasteiger partial charge in [-0.05, 0) is 29.3 Å². The number of nitrogens with zero attached hydrogens (tertiary/aromatic N) is 2. The molecule has 1 aromatic heterocycles. The second-order valence-corrected chi connectivity index (χ2v) is 7.63. The third kappa shape index (κ3) is 4.29. The fraction of sp³-hybridized carbons (Fsp3) is 0.167. The Morgan fingerprint density at radius 2 is 1.69 bits per heavy atom. The molecule has 5 nitrogen and oxygen atoms in total. The summed E-state index contributed by atoms with van der Waals surface area (Å²) in [6.07, 6.45) is 0.169. The SMILES string of the molecule is COC(=O)Cc1ccc(Cn2c(-c3ccc(Cl)cc3OC)nc3cc(F)c(F)cc32)cc1. The maximum atomic E-state index is 14.1. The average molecular weight is 457 g/mol. The predicted octanol–water partition coefficient (Wildman–Crippen LogP) is 5.41. The molecule has 0 atom stereocenters. The van der Waals surface area contributed by atoms with Crippen molar-refractivity contribution in [3.8, 4) is 17.1 Å². The number of fused-ring (bicyclic) bond motifs is 1. The zero-order chi connectivity index (χ0) is 22.8. The topological polar surface area (TPSA) is 53.4 Å². The lowest BCUT2D eigenvalue weighted by Gasteiger charge is -2.13. The number of rotatable bonds is 6. The van der Waals surface area contributed by atoms with E-state index in [2.05, 4.69) is 4.98 Å². The molecule has 0 amide bonds. The van der Waals surface area contributed by atoms with Crippen molar-refractivity contribution in [1.29, 1.82) is 0 Å². The summed E-state index contributed by atoms with van der Waals surface area (Å²) in [6, 6.07) is 14.7. The predicted molar refractivity (Wildman–Crippen MR) is 118 cm³/mol. The Labute approximate surface area is 188 Å². The first kappa shape index (κ1) is 21.8. The summed E-state index contributed by atoms with van der Waals surface area (Å²) >= 11 is 6.09. The van der Waals surface area contributed by atoms with E-state index in [1.807, 2.05) is 24.3 Å². The molecule has 0 unspecified atom stereocenters. The van der Waals surface area contributed by atoms with Crippen LogP contribution in [0.4, 0.5) is 8.78 Å². The van der Waals surface area contributed by atoms with Crippen molar-refractivity contribution in [2.75, 3.05) is 14.2 Å². The third-order valence-electron chi connectivity index (χ3n) is 5.13. The van der Waals surface area contributed by atoms with Gasteiger partial charge in [-0.15, -0.1) is 0 Å². The number of aromatic nitrogens is 2. The largest absolute Gasteiger partial charge is 0.496 e. The molecule has 32 heavy (non-hydrogen) atoms. The molecule has 0 aliphatic carbocycles. The van der Waals surface area contributed by atoms with Crippen molar-refractivity contribution in [1.82, 2.24) is 9.55 Å². The van der Waals surface area contributed by atoms with Crippen LogP contribution in [-0.2, 0) is 22.5 Å². The minimum Gasteiger partial charge on any atom is -0.496 e. The lowest BCUT2D eigenvalue weighted by molar-refractivity contribution is -0.139. The molecule has 164 valence electrons. The number of esters is 1. The molecule has 0 spiro atoms. The summed E-state index contributed by atoms with van der Waals surface area (Å²) in [5.74, 6) is -1.28. The van der Waals surface area contributed by atoms with E-state index in [1.165, 1.54) is 14.2 Å². The molecule has 0 bridgehead atoms. The molecule has 0 aliphatic heterocycles. The number of hydrogen-bond donors (Lipinski definition) is 0. The van der Waals surface area contributed by atoms with E-state index in [0.29, 0.717) is 39.7 Å². The third-order valence-corrected chi connectivity index (χ3v) is 5.37. The van der Waals surface area contributed by atoms with Gasteiger partial charge in [0, 0.05) is 23.7 Å². The monoisotopic (exact) mass is 456 g/mol. The van der Waals surface area contributed by atoms with Gasteiger partial charge in [0.1, 0.15) is 11.6 Å². The average Bonchev–Trinajstić information content (AvgIpc) is 3.11. The zero-order valence-corrected chi connectivity index (χ0v) is 18.1. The molecule has 4 aromatic rings. The number of imidazole rings is 1. The Kier molecular flexibility index (Phi) is 6.10. The van der Waals surface area contributed by atoms with E-state index in [1.54, 1.807) is 22.8 Å². The quantitative estimate of drug-likeness (QED) is 0.364. The summed E-state index contributed by atoms with van der Waals surface area (Å²) in [4.78, 5) is 16.1. The molecule has 0 radical (unpaired) electrons.